The van der Waals surface area contributed by atoms with Crippen LogP contribution in [0.25, 0.3) is 0 Å². The predicted molar refractivity (Wildman–Crippen MR) is 102 cm³/mol. The predicted octanol–water partition coefficient (Wildman–Crippen LogP) is 1.94. The van der Waals surface area contributed by atoms with Crippen LogP contribution in [0.5, 0.6) is 0 Å². The van der Waals surface area contributed by atoms with Crippen molar-refractivity contribution in [2.45, 2.75) is 27.7 Å². The Bertz CT molecular complexity index is 873. The smallest absolute Gasteiger partial charge is 0.272 e. The molecule has 1 heterocycles. The van der Waals surface area contributed by atoms with E-state index in [-0.39, 0.29) is 17.5 Å². The molecule has 0 saturated heterocycles. The van der Waals surface area contributed by atoms with Crippen molar-refractivity contribution < 1.29 is 14.0 Å². The summed E-state index contributed by atoms with van der Waals surface area (Å²) < 4.78 is 15.1. The Balaban J connectivity index is 1.94. The number of carbonyl (C=O) groups is 2. The molecule has 1 aromatic heterocycles. The lowest BCUT2D eigenvalue weighted by Gasteiger charge is -2.25. The second kappa shape index (κ2) is 7.77. The number of hydrogen-bond acceptors (Lipinski definition) is 4. The van der Waals surface area contributed by atoms with Gasteiger partial charge in [-0.1, -0.05) is 19.9 Å². The van der Waals surface area contributed by atoms with Crippen molar-refractivity contribution in [1.82, 2.24) is 20.4 Å². The molecule has 0 bridgehead atoms. The van der Waals surface area contributed by atoms with Crippen LogP contribution in [0.2, 0.25) is 0 Å². The zero-order valence-corrected chi connectivity index (χ0v) is 16.3. The van der Waals surface area contributed by atoms with E-state index in [1.807, 2.05) is 13.8 Å². The van der Waals surface area contributed by atoms with Crippen molar-refractivity contribution in [1.29, 1.82) is 0 Å². The zero-order valence-electron chi connectivity index (χ0n) is 16.3. The Morgan fingerprint density at radius 2 is 1.74 bits per heavy atom. The maximum absolute atomic E-state index is 13.6. The van der Waals surface area contributed by atoms with Crippen molar-refractivity contribution in [3.63, 3.8) is 0 Å². The lowest BCUT2D eigenvalue weighted by molar-refractivity contribution is 0.0916. The summed E-state index contributed by atoms with van der Waals surface area (Å²) in [5, 5.41) is 9.74. The van der Waals surface area contributed by atoms with Crippen LogP contribution < -0.4 is 16.4 Å². The lowest BCUT2D eigenvalue weighted by Crippen LogP contribution is -2.42. The Kier molecular flexibility index (Phi) is 5.88. The number of benzene rings is 1. The number of amides is 2. The van der Waals surface area contributed by atoms with Crippen molar-refractivity contribution in [2.24, 2.45) is 12.5 Å². The SMILES string of the molecule is Cc1c(F)cccc1C(=O)NCC(C)(C)CNC(=O)c1nn(C)c(N)c1C. The third-order valence-corrected chi connectivity index (χ3v) is 4.52. The summed E-state index contributed by atoms with van der Waals surface area (Å²) in [7, 11) is 1.67. The average molecular weight is 375 g/mol. The Labute approximate surface area is 158 Å². The monoisotopic (exact) mass is 375 g/mol. The van der Waals surface area contributed by atoms with Crippen LogP contribution in [-0.4, -0.2) is 34.7 Å². The molecule has 1 aromatic carbocycles. The Morgan fingerprint density at radius 3 is 2.30 bits per heavy atom. The van der Waals surface area contributed by atoms with Gasteiger partial charge in [-0.15, -0.1) is 0 Å². The van der Waals surface area contributed by atoms with Crippen LogP contribution in [0.1, 0.15) is 45.8 Å². The number of hydrogen-bond donors (Lipinski definition) is 3. The van der Waals surface area contributed by atoms with Crippen molar-refractivity contribution in [2.75, 3.05) is 18.8 Å². The Hall–Kier alpha value is -2.90. The van der Waals surface area contributed by atoms with E-state index in [4.69, 9.17) is 5.73 Å². The van der Waals surface area contributed by atoms with Crippen LogP contribution in [0.3, 0.4) is 0 Å². The maximum Gasteiger partial charge on any atom is 0.272 e. The first-order valence-corrected chi connectivity index (χ1v) is 8.64. The number of nitrogens with two attached hydrogens (primary N) is 1. The normalized spacial score (nSPS) is 11.3. The molecule has 8 heteroatoms. The first kappa shape index (κ1) is 20.4. The lowest BCUT2D eigenvalue weighted by atomic mass is 9.93. The van der Waals surface area contributed by atoms with E-state index in [0.717, 1.165) is 0 Å². The molecule has 2 amide bonds. The number of nitrogens with zero attached hydrogens (tertiary/aromatic N) is 2. The number of aryl methyl sites for hydroxylation is 1. The first-order valence-electron chi connectivity index (χ1n) is 8.64. The molecule has 0 aliphatic rings. The highest BCUT2D eigenvalue weighted by atomic mass is 19.1. The molecule has 0 atom stereocenters. The van der Waals surface area contributed by atoms with E-state index in [1.165, 1.54) is 16.8 Å². The largest absolute Gasteiger partial charge is 0.384 e. The molecule has 2 aromatic rings. The van der Waals surface area contributed by atoms with E-state index >= 15 is 0 Å². The van der Waals surface area contributed by atoms with Crippen molar-refractivity contribution in [3.8, 4) is 0 Å². The summed E-state index contributed by atoms with van der Waals surface area (Å²) in [6.45, 7) is 7.76. The van der Waals surface area contributed by atoms with Gasteiger partial charge in [-0.2, -0.15) is 5.10 Å². The van der Waals surface area contributed by atoms with Gasteiger partial charge in [-0.05, 0) is 37.0 Å². The molecule has 7 nitrogen and oxygen atoms in total. The molecular weight excluding hydrogens is 349 g/mol. The number of rotatable bonds is 6. The first-order chi connectivity index (χ1) is 12.5. The van der Waals surface area contributed by atoms with Gasteiger partial charge < -0.3 is 16.4 Å². The standard InChI is InChI=1S/C19H26FN5O2/c1-11-13(7-6-8-14(11)20)17(26)22-9-19(3,4)10-23-18(27)15-12(2)16(21)25(5)24-15/h6-8H,9-10,21H2,1-5H3,(H,22,26)(H,23,27). The summed E-state index contributed by atoms with van der Waals surface area (Å²) in [5.41, 5.74) is 6.93. The third-order valence-electron chi connectivity index (χ3n) is 4.52. The van der Waals surface area contributed by atoms with Gasteiger partial charge in [0, 0.05) is 31.3 Å². The number of nitrogen functional groups attached to an aromatic ring is 1. The van der Waals surface area contributed by atoms with Gasteiger partial charge >= 0.3 is 0 Å². The molecule has 0 aliphatic heterocycles. The van der Waals surface area contributed by atoms with Crippen LogP contribution in [-0.2, 0) is 7.05 Å². The summed E-state index contributed by atoms with van der Waals surface area (Å²) in [6, 6.07) is 4.40. The number of carbonyl (C=O) groups excluding carboxylic acids is 2. The van der Waals surface area contributed by atoms with E-state index in [1.54, 1.807) is 27.0 Å². The quantitative estimate of drug-likeness (QED) is 0.718. The second-order valence-corrected chi connectivity index (χ2v) is 7.42. The minimum atomic E-state index is -0.417. The summed E-state index contributed by atoms with van der Waals surface area (Å²) in [4.78, 5) is 24.7. The minimum absolute atomic E-state index is 0.283. The topological polar surface area (TPSA) is 102 Å². The van der Waals surface area contributed by atoms with Gasteiger partial charge in [0.15, 0.2) is 5.69 Å². The zero-order chi connectivity index (χ0) is 20.4. The van der Waals surface area contributed by atoms with E-state index in [2.05, 4.69) is 15.7 Å². The van der Waals surface area contributed by atoms with Gasteiger partial charge in [0.1, 0.15) is 11.6 Å². The van der Waals surface area contributed by atoms with Crippen LogP contribution in [0, 0.1) is 25.1 Å². The number of anilines is 1. The highest BCUT2D eigenvalue weighted by molar-refractivity contribution is 5.96. The number of nitrogens with one attached hydrogen (secondary N) is 2. The Morgan fingerprint density at radius 1 is 1.15 bits per heavy atom. The van der Waals surface area contributed by atoms with Gasteiger partial charge in [0.05, 0.1) is 0 Å². The highest BCUT2D eigenvalue weighted by Crippen LogP contribution is 2.17. The van der Waals surface area contributed by atoms with Gasteiger partial charge in [0.2, 0.25) is 0 Å². The molecule has 4 N–H and O–H groups in total. The molecule has 0 spiro atoms. The summed E-state index contributed by atoms with van der Waals surface area (Å²) >= 11 is 0. The molecule has 2 rings (SSSR count). The minimum Gasteiger partial charge on any atom is -0.384 e. The fraction of sp³-hybridized carbons (Fsp3) is 0.421. The van der Waals surface area contributed by atoms with Crippen LogP contribution in [0.15, 0.2) is 18.2 Å². The van der Waals surface area contributed by atoms with E-state index in [9.17, 15) is 14.0 Å². The van der Waals surface area contributed by atoms with E-state index < -0.39 is 11.2 Å². The van der Waals surface area contributed by atoms with Gasteiger partial charge in [0.25, 0.3) is 11.8 Å². The molecule has 0 saturated carbocycles. The third kappa shape index (κ3) is 4.64. The number of halogens is 1. The molecule has 0 fully saturated rings. The molecule has 0 radical (unpaired) electrons. The summed E-state index contributed by atoms with van der Waals surface area (Å²) in [5.74, 6) is -0.642. The maximum atomic E-state index is 13.6. The van der Waals surface area contributed by atoms with Crippen LogP contribution in [0.4, 0.5) is 10.2 Å². The molecule has 0 unspecified atom stereocenters. The molecule has 0 aliphatic carbocycles. The fourth-order valence-electron chi connectivity index (χ4n) is 2.59. The highest BCUT2D eigenvalue weighted by Gasteiger charge is 2.23. The van der Waals surface area contributed by atoms with Gasteiger partial charge in [-0.25, -0.2) is 4.39 Å². The summed E-state index contributed by atoms with van der Waals surface area (Å²) in [6.07, 6.45) is 0. The van der Waals surface area contributed by atoms with Crippen molar-refractivity contribution in [3.05, 3.63) is 46.4 Å². The fourth-order valence-corrected chi connectivity index (χ4v) is 2.59. The molecule has 146 valence electrons. The van der Waals surface area contributed by atoms with Gasteiger partial charge in [-0.3, -0.25) is 14.3 Å². The number of aromatic nitrogens is 2. The molecular formula is C19H26FN5O2. The average Bonchev–Trinajstić information content (AvgIpc) is 2.87. The van der Waals surface area contributed by atoms with Crippen LogP contribution >= 0.6 is 0 Å². The second-order valence-electron chi connectivity index (χ2n) is 7.42. The van der Waals surface area contributed by atoms with E-state index in [0.29, 0.717) is 35.6 Å². The van der Waals surface area contributed by atoms with Crippen molar-refractivity contribution >= 4 is 17.6 Å². The molecule has 27 heavy (non-hydrogen) atoms.